The van der Waals surface area contributed by atoms with Crippen molar-refractivity contribution >= 4 is 22.6 Å². The van der Waals surface area contributed by atoms with Crippen LogP contribution in [0.15, 0.2) is 47.3 Å². The number of H-pyrrole nitrogens is 1. The summed E-state index contributed by atoms with van der Waals surface area (Å²) in [5.41, 5.74) is 2.25. The number of aromatic amines is 1. The summed E-state index contributed by atoms with van der Waals surface area (Å²) in [6, 6.07) is 9.05. The second kappa shape index (κ2) is 5.37. The average molecular weight is 309 g/mol. The van der Waals surface area contributed by atoms with Crippen LogP contribution in [0, 0.1) is 0 Å². The Morgan fingerprint density at radius 2 is 2.30 bits per heavy atom. The van der Waals surface area contributed by atoms with E-state index < -0.39 is 0 Å². The van der Waals surface area contributed by atoms with Crippen molar-refractivity contribution in [3.63, 3.8) is 0 Å². The molecule has 9 nitrogen and oxygen atoms in total. The van der Waals surface area contributed by atoms with Crippen molar-refractivity contribution in [3.8, 4) is 11.6 Å². The SMILES string of the molecule is O=C(Cn1cnnn1)Nc1ccc2nc(-c3ccco3)[nH]c2c1. The van der Waals surface area contributed by atoms with E-state index in [1.54, 1.807) is 18.4 Å². The van der Waals surface area contributed by atoms with E-state index >= 15 is 0 Å². The molecule has 0 aliphatic rings. The van der Waals surface area contributed by atoms with Gasteiger partial charge < -0.3 is 14.7 Å². The van der Waals surface area contributed by atoms with Gasteiger partial charge in [0.25, 0.3) is 0 Å². The van der Waals surface area contributed by atoms with Crippen LogP contribution in [0.4, 0.5) is 5.69 Å². The molecule has 1 amide bonds. The standard InChI is InChI=1S/C14H11N7O2/c22-13(7-21-8-15-19-20-21)16-9-3-4-10-11(6-9)18-14(17-10)12-2-1-5-23-12/h1-6,8H,7H2,(H,16,22)(H,17,18). The second-order valence-corrected chi connectivity index (χ2v) is 4.85. The normalized spacial score (nSPS) is 11.0. The maximum absolute atomic E-state index is 11.9. The molecule has 0 unspecified atom stereocenters. The molecule has 0 radical (unpaired) electrons. The number of carbonyl (C=O) groups is 1. The number of hydrogen-bond donors (Lipinski definition) is 2. The van der Waals surface area contributed by atoms with Gasteiger partial charge in [0.15, 0.2) is 11.6 Å². The van der Waals surface area contributed by atoms with E-state index in [1.165, 1.54) is 11.0 Å². The molecule has 0 fully saturated rings. The third kappa shape index (κ3) is 2.67. The Morgan fingerprint density at radius 1 is 1.35 bits per heavy atom. The molecule has 9 heteroatoms. The van der Waals surface area contributed by atoms with E-state index in [0.29, 0.717) is 17.3 Å². The van der Waals surface area contributed by atoms with Crippen LogP contribution in [0.3, 0.4) is 0 Å². The highest BCUT2D eigenvalue weighted by Crippen LogP contribution is 2.23. The zero-order chi connectivity index (χ0) is 15.6. The summed E-state index contributed by atoms with van der Waals surface area (Å²) in [6.07, 6.45) is 2.97. The van der Waals surface area contributed by atoms with Crippen LogP contribution in [0.5, 0.6) is 0 Å². The van der Waals surface area contributed by atoms with Gasteiger partial charge >= 0.3 is 0 Å². The second-order valence-electron chi connectivity index (χ2n) is 4.85. The van der Waals surface area contributed by atoms with Crippen LogP contribution in [0.25, 0.3) is 22.6 Å². The van der Waals surface area contributed by atoms with Crippen molar-refractivity contribution in [2.24, 2.45) is 0 Å². The van der Waals surface area contributed by atoms with Gasteiger partial charge in [-0.15, -0.1) is 5.10 Å². The first-order valence-electron chi connectivity index (χ1n) is 6.82. The summed E-state index contributed by atoms with van der Waals surface area (Å²) in [5.74, 6) is 1.08. The Labute approximate surface area is 129 Å². The smallest absolute Gasteiger partial charge is 0.246 e. The molecule has 1 aromatic carbocycles. The number of anilines is 1. The Bertz CT molecular complexity index is 941. The molecule has 0 saturated heterocycles. The molecule has 114 valence electrons. The first kappa shape index (κ1) is 13.2. The van der Waals surface area contributed by atoms with Gasteiger partial charge in [-0.1, -0.05) is 0 Å². The molecule has 2 N–H and O–H groups in total. The van der Waals surface area contributed by atoms with Crippen molar-refractivity contribution < 1.29 is 9.21 Å². The zero-order valence-corrected chi connectivity index (χ0v) is 11.8. The van der Waals surface area contributed by atoms with Crippen LogP contribution >= 0.6 is 0 Å². The number of rotatable bonds is 4. The number of nitrogens with one attached hydrogen (secondary N) is 2. The molecule has 0 aliphatic heterocycles. The van der Waals surface area contributed by atoms with E-state index in [-0.39, 0.29) is 12.5 Å². The van der Waals surface area contributed by atoms with Gasteiger partial charge in [-0.2, -0.15) is 0 Å². The summed E-state index contributed by atoms with van der Waals surface area (Å²) >= 11 is 0. The molecule has 0 spiro atoms. The number of benzene rings is 1. The van der Waals surface area contributed by atoms with E-state index in [2.05, 4.69) is 30.8 Å². The molecule has 0 bridgehead atoms. The van der Waals surface area contributed by atoms with Crippen molar-refractivity contribution in [2.45, 2.75) is 6.54 Å². The molecule has 0 aliphatic carbocycles. The maximum Gasteiger partial charge on any atom is 0.246 e. The first-order chi connectivity index (χ1) is 11.3. The number of furan rings is 1. The molecule has 3 heterocycles. The maximum atomic E-state index is 11.9. The summed E-state index contributed by atoms with van der Waals surface area (Å²) in [5, 5.41) is 13.4. The molecule has 23 heavy (non-hydrogen) atoms. The Morgan fingerprint density at radius 3 is 3.09 bits per heavy atom. The van der Waals surface area contributed by atoms with E-state index in [0.717, 1.165) is 11.0 Å². The van der Waals surface area contributed by atoms with E-state index in [9.17, 15) is 4.79 Å². The summed E-state index contributed by atoms with van der Waals surface area (Å²) in [7, 11) is 0. The highest BCUT2D eigenvalue weighted by atomic mass is 16.3. The topological polar surface area (TPSA) is 115 Å². The molecular weight excluding hydrogens is 298 g/mol. The molecule has 0 saturated carbocycles. The number of imidazole rings is 1. The Hall–Kier alpha value is -3.49. The van der Waals surface area contributed by atoms with Crippen LogP contribution in [-0.2, 0) is 11.3 Å². The lowest BCUT2D eigenvalue weighted by atomic mass is 10.3. The number of aromatic nitrogens is 6. The predicted octanol–water partition coefficient (Wildman–Crippen LogP) is 1.45. The number of amides is 1. The van der Waals surface area contributed by atoms with Gasteiger partial charge in [0, 0.05) is 5.69 Å². The van der Waals surface area contributed by atoms with Crippen molar-refractivity contribution in [3.05, 3.63) is 42.9 Å². The number of nitrogens with zero attached hydrogens (tertiary/aromatic N) is 5. The van der Waals surface area contributed by atoms with E-state index in [4.69, 9.17) is 4.42 Å². The highest BCUT2D eigenvalue weighted by Gasteiger charge is 2.09. The fourth-order valence-electron chi connectivity index (χ4n) is 2.22. The Kier molecular flexibility index (Phi) is 3.08. The minimum absolute atomic E-state index is 0.0473. The number of hydrogen-bond acceptors (Lipinski definition) is 6. The monoisotopic (exact) mass is 309 g/mol. The van der Waals surface area contributed by atoms with E-state index in [1.807, 2.05) is 18.2 Å². The largest absolute Gasteiger partial charge is 0.461 e. The summed E-state index contributed by atoms with van der Waals surface area (Å²) in [6.45, 7) is 0.0473. The van der Waals surface area contributed by atoms with Crippen molar-refractivity contribution in [1.29, 1.82) is 0 Å². The average Bonchev–Trinajstić information content (AvgIpc) is 3.27. The quantitative estimate of drug-likeness (QED) is 0.589. The summed E-state index contributed by atoms with van der Waals surface area (Å²) < 4.78 is 6.66. The lowest BCUT2D eigenvalue weighted by molar-refractivity contribution is -0.116. The van der Waals surface area contributed by atoms with Gasteiger partial charge in [-0.05, 0) is 40.8 Å². The fourth-order valence-corrected chi connectivity index (χ4v) is 2.22. The minimum atomic E-state index is -0.220. The molecule has 0 atom stereocenters. The van der Waals surface area contributed by atoms with Gasteiger partial charge in [0.1, 0.15) is 12.9 Å². The number of tetrazole rings is 1. The van der Waals surface area contributed by atoms with Gasteiger partial charge in [0.2, 0.25) is 5.91 Å². The lowest BCUT2D eigenvalue weighted by Gasteiger charge is -2.04. The van der Waals surface area contributed by atoms with Gasteiger partial charge in [-0.25, -0.2) is 9.67 Å². The van der Waals surface area contributed by atoms with Crippen LogP contribution < -0.4 is 5.32 Å². The van der Waals surface area contributed by atoms with Crippen LogP contribution in [0.2, 0.25) is 0 Å². The molecule has 3 aromatic heterocycles. The molecule has 4 aromatic rings. The lowest BCUT2D eigenvalue weighted by Crippen LogP contribution is -2.19. The van der Waals surface area contributed by atoms with Crippen molar-refractivity contribution in [1.82, 2.24) is 30.2 Å². The highest BCUT2D eigenvalue weighted by molar-refractivity contribution is 5.93. The van der Waals surface area contributed by atoms with Gasteiger partial charge in [-0.3, -0.25) is 4.79 Å². The first-order valence-corrected chi connectivity index (χ1v) is 6.82. The third-order valence-corrected chi connectivity index (χ3v) is 3.22. The molecular formula is C14H11N7O2. The molecule has 4 rings (SSSR count). The zero-order valence-electron chi connectivity index (χ0n) is 11.8. The van der Waals surface area contributed by atoms with Crippen LogP contribution in [-0.4, -0.2) is 36.1 Å². The van der Waals surface area contributed by atoms with Crippen molar-refractivity contribution in [2.75, 3.05) is 5.32 Å². The predicted molar refractivity (Wildman–Crippen MR) is 80.2 cm³/mol. The third-order valence-electron chi connectivity index (χ3n) is 3.22. The minimum Gasteiger partial charge on any atom is -0.461 e. The fraction of sp³-hybridized carbons (Fsp3) is 0.0714. The number of carbonyl (C=O) groups excluding carboxylic acids is 1. The summed E-state index contributed by atoms with van der Waals surface area (Å²) in [4.78, 5) is 19.5. The Balaban J connectivity index is 1.55. The van der Waals surface area contributed by atoms with Crippen LogP contribution in [0.1, 0.15) is 0 Å². The number of fused-ring (bicyclic) bond motifs is 1. The van der Waals surface area contributed by atoms with Gasteiger partial charge in [0.05, 0.1) is 17.3 Å².